The number of imidazole rings is 2. The van der Waals surface area contributed by atoms with Crippen LogP contribution >= 0.6 is 23.2 Å². The van der Waals surface area contributed by atoms with Crippen LogP contribution in [0, 0.1) is 11.3 Å². The van der Waals surface area contributed by atoms with E-state index in [1.807, 2.05) is 38.6 Å². The van der Waals surface area contributed by atoms with Gasteiger partial charge < -0.3 is 30.4 Å². The minimum Gasteiger partial charge on any atom is -0.377 e. The van der Waals surface area contributed by atoms with Crippen LogP contribution in [0.3, 0.4) is 0 Å². The highest BCUT2D eigenvalue weighted by Gasteiger charge is 2.41. The van der Waals surface area contributed by atoms with Gasteiger partial charge in [0.2, 0.25) is 11.9 Å². The van der Waals surface area contributed by atoms with Gasteiger partial charge in [-0.3, -0.25) is 9.59 Å². The van der Waals surface area contributed by atoms with Crippen LogP contribution in [-0.4, -0.2) is 43.1 Å². The Morgan fingerprint density at radius 3 is 2.35 bits per heavy atom. The normalized spacial score (nSPS) is 17.0. The van der Waals surface area contributed by atoms with Crippen molar-refractivity contribution in [1.82, 2.24) is 29.7 Å². The fourth-order valence-corrected chi connectivity index (χ4v) is 6.18. The van der Waals surface area contributed by atoms with Crippen LogP contribution in [0.5, 0.6) is 0 Å². The number of fused-ring (bicyclic) bond motifs is 1. The highest BCUT2D eigenvalue weighted by Crippen LogP contribution is 2.39. The molecule has 2 aromatic carbocycles. The highest BCUT2D eigenvalue weighted by atomic mass is 35.5. The zero-order chi connectivity index (χ0) is 35.0. The van der Waals surface area contributed by atoms with E-state index in [1.54, 1.807) is 42.1 Å². The van der Waals surface area contributed by atoms with Crippen molar-refractivity contribution in [3.05, 3.63) is 63.7 Å². The number of halogens is 5. The van der Waals surface area contributed by atoms with E-state index in [-0.39, 0.29) is 44.2 Å². The number of rotatable bonds is 9. The lowest BCUT2D eigenvalue weighted by atomic mass is 9.85. The van der Waals surface area contributed by atoms with Crippen LogP contribution in [0.4, 0.5) is 30.5 Å². The van der Waals surface area contributed by atoms with Gasteiger partial charge in [-0.1, -0.05) is 50.0 Å². The summed E-state index contributed by atoms with van der Waals surface area (Å²) in [5.74, 6) is -0.753. The van der Waals surface area contributed by atoms with Crippen molar-refractivity contribution in [2.45, 2.75) is 71.8 Å². The molecule has 1 aliphatic rings. The lowest BCUT2D eigenvalue weighted by Gasteiger charge is -2.30. The second-order valence-corrected chi connectivity index (χ2v) is 14.0. The summed E-state index contributed by atoms with van der Waals surface area (Å²) < 4.78 is 43.3. The minimum absolute atomic E-state index is 0.0255. The molecule has 2 aromatic heterocycles. The fourth-order valence-electron chi connectivity index (χ4n) is 5.65. The summed E-state index contributed by atoms with van der Waals surface area (Å²) in [4.78, 5) is 35.2. The van der Waals surface area contributed by atoms with Gasteiger partial charge in [0, 0.05) is 50.2 Å². The van der Waals surface area contributed by atoms with E-state index in [2.05, 4.69) is 26.3 Å². The number of aryl methyl sites for hydroxylation is 2. The number of carbonyl (C=O) groups is 2. The van der Waals surface area contributed by atoms with Gasteiger partial charge in [0.1, 0.15) is 5.82 Å². The minimum atomic E-state index is -4.23. The van der Waals surface area contributed by atoms with Gasteiger partial charge in [-0.2, -0.15) is 13.2 Å². The van der Waals surface area contributed by atoms with Gasteiger partial charge in [-0.05, 0) is 49.4 Å². The molecule has 2 amide bonds. The Kier molecular flexibility index (Phi) is 10.2. The second-order valence-electron chi connectivity index (χ2n) is 13.2. The highest BCUT2D eigenvalue weighted by molar-refractivity contribution is 6.39. The molecule has 0 unspecified atom stereocenters. The van der Waals surface area contributed by atoms with E-state index in [1.165, 1.54) is 0 Å². The molecule has 0 radical (unpaired) electrons. The van der Waals surface area contributed by atoms with E-state index in [0.29, 0.717) is 56.1 Å². The van der Waals surface area contributed by atoms with Crippen molar-refractivity contribution < 1.29 is 22.8 Å². The van der Waals surface area contributed by atoms with Crippen molar-refractivity contribution in [3.8, 4) is 0 Å². The Labute approximate surface area is 286 Å². The number of hydrogen-bond acceptors (Lipinski definition) is 6. The molecule has 2 heterocycles. The molecular formula is C33H39Cl2F3N8O2. The largest absolute Gasteiger partial charge is 0.391 e. The van der Waals surface area contributed by atoms with Gasteiger partial charge >= 0.3 is 6.18 Å². The number of carbonyl (C=O) groups excluding carboxylic acids is 2. The first-order valence-electron chi connectivity index (χ1n) is 15.6. The summed E-state index contributed by atoms with van der Waals surface area (Å²) >= 11 is 13.3. The molecule has 0 bridgehead atoms. The molecule has 15 heteroatoms. The predicted molar refractivity (Wildman–Crippen MR) is 182 cm³/mol. The smallest absolute Gasteiger partial charge is 0.377 e. The van der Waals surface area contributed by atoms with E-state index in [4.69, 9.17) is 28.2 Å². The number of nitrogens with one attached hydrogen (secondary N) is 4. The topological polar surface area (TPSA) is 118 Å². The zero-order valence-electron chi connectivity index (χ0n) is 27.4. The maximum Gasteiger partial charge on any atom is 0.391 e. The van der Waals surface area contributed by atoms with Crippen molar-refractivity contribution in [2.75, 3.05) is 10.6 Å². The molecule has 4 aromatic rings. The fraction of sp³-hybridized carbons (Fsp3) is 0.455. The summed E-state index contributed by atoms with van der Waals surface area (Å²) in [6, 6.07) is 6.50. The monoisotopic (exact) mass is 706 g/mol. The van der Waals surface area contributed by atoms with Crippen LogP contribution in [-0.2, 0) is 32.0 Å². The second kappa shape index (κ2) is 13.9. The Balaban J connectivity index is 1.43. The summed E-state index contributed by atoms with van der Waals surface area (Å²) in [5, 5.41) is 13.0. The van der Waals surface area contributed by atoms with E-state index >= 15 is 0 Å². The summed E-state index contributed by atoms with van der Waals surface area (Å²) in [6.45, 7) is 5.98. The van der Waals surface area contributed by atoms with Gasteiger partial charge in [0.15, 0.2) is 0 Å². The molecule has 5 rings (SSSR count). The molecule has 0 atom stereocenters. The lowest BCUT2D eigenvalue weighted by molar-refractivity contribution is -0.182. The molecule has 0 aliphatic heterocycles. The van der Waals surface area contributed by atoms with Crippen LogP contribution in [0.2, 0.25) is 10.0 Å². The molecule has 1 aliphatic carbocycles. The van der Waals surface area contributed by atoms with Crippen LogP contribution in [0.25, 0.3) is 11.0 Å². The quantitative estimate of drug-likeness (QED) is 0.143. The third-order valence-corrected chi connectivity index (χ3v) is 9.42. The Morgan fingerprint density at radius 1 is 1.02 bits per heavy atom. The average Bonchev–Trinajstić information content (AvgIpc) is 3.57. The molecule has 48 heavy (non-hydrogen) atoms. The van der Waals surface area contributed by atoms with Gasteiger partial charge in [-0.25, -0.2) is 9.97 Å². The lowest BCUT2D eigenvalue weighted by Crippen LogP contribution is -2.40. The first-order valence-corrected chi connectivity index (χ1v) is 16.4. The number of anilines is 3. The number of alkyl halides is 3. The van der Waals surface area contributed by atoms with Crippen molar-refractivity contribution in [2.24, 2.45) is 25.4 Å². The third kappa shape index (κ3) is 7.84. The molecular weight excluding hydrogens is 668 g/mol. The Hall–Kier alpha value is -3.97. The summed E-state index contributed by atoms with van der Waals surface area (Å²) in [7, 11) is 3.66. The molecule has 258 valence electrons. The maximum absolute atomic E-state index is 13.7. The first kappa shape index (κ1) is 35.3. The number of amides is 2. The molecule has 1 fully saturated rings. The van der Waals surface area contributed by atoms with Crippen LogP contribution in [0.1, 0.15) is 68.2 Å². The first-order chi connectivity index (χ1) is 22.5. The SMILES string of the molecule is Cn1ccnc1CNc1cc2c(cc1C(=O)N[C@H]1CC[C@H](C(F)(F)F)CC1)nc(Nc1c(Cl)ccc(CNC(=O)C(C)(C)C)c1Cl)n2C. The molecule has 1 saturated carbocycles. The van der Waals surface area contributed by atoms with Crippen LogP contribution in [0.15, 0.2) is 36.7 Å². The molecule has 0 saturated heterocycles. The molecule has 10 nitrogen and oxygen atoms in total. The third-order valence-electron chi connectivity index (χ3n) is 8.68. The number of hydrogen-bond donors (Lipinski definition) is 4. The van der Waals surface area contributed by atoms with Crippen molar-refractivity contribution in [3.63, 3.8) is 0 Å². The van der Waals surface area contributed by atoms with E-state index in [0.717, 1.165) is 5.82 Å². The zero-order valence-corrected chi connectivity index (χ0v) is 28.9. The Bertz CT molecular complexity index is 1820. The molecule has 0 spiro atoms. The summed E-state index contributed by atoms with van der Waals surface area (Å²) in [6.07, 6.45) is -0.310. The maximum atomic E-state index is 13.7. The van der Waals surface area contributed by atoms with E-state index in [9.17, 15) is 22.8 Å². The van der Waals surface area contributed by atoms with Crippen molar-refractivity contribution >= 4 is 63.4 Å². The number of aromatic nitrogens is 4. The molecule has 4 N–H and O–H groups in total. The number of benzene rings is 2. The number of nitrogens with zero attached hydrogens (tertiary/aromatic N) is 4. The predicted octanol–water partition coefficient (Wildman–Crippen LogP) is 7.48. The van der Waals surface area contributed by atoms with E-state index < -0.39 is 23.4 Å². The van der Waals surface area contributed by atoms with Gasteiger partial charge in [0.05, 0.1) is 44.8 Å². The standard InChI is InChI=1S/C33H39Cl2F3N8O2/c1-32(2,3)30(48)41-16-18-6-11-22(34)28(27(18)35)44-31-43-24-14-21(29(47)42-20-9-7-19(8-10-20)33(36,37)38)23(15-25(24)46(31)5)40-17-26-39-12-13-45(26)4/h6,11-15,19-20,40H,7-10,16-17H2,1-5H3,(H,41,48)(H,42,47)(H,43,44)/t19-,20-. The van der Waals surface area contributed by atoms with Crippen LogP contribution < -0.4 is 21.3 Å². The summed E-state index contributed by atoms with van der Waals surface area (Å²) in [5.41, 5.74) is 2.47. The van der Waals surface area contributed by atoms with Crippen molar-refractivity contribution in [1.29, 1.82) is 0 Å². The van der Waals surface area contributed by atoms with Gasteiger partial charge in [-0.15, -0.1) is 0 Å². The van der Waals surface area contributed by atoms with Gasteiger partial charge in [0.25, 0.3) is 5.91 Å². The Morgan fingerprint density at radius 2 is 1.73 bits per heavy atom. The average molecular weight is 708 g/mol.